The van der Waals surface area contributed by atoms with Gasteiger partial charge in [0.2, 0.25) is 6.41 Å². The number of carbonyl (C=O) groups excluding carboxylic acids is 1. The molecular formula is C18H18N4O3S. The first kappa shape index (κ1) is 18.0. The molecule has 0 spiro atoms. The van der Waals surface area contributed by atoms with E-state index in [4.69, 9.17) is 4.55 Å². The van der Waals surface area contributed by atoms with Gasteiger partial charge in [-0.05, 0) is 35.7 Å². The second-order valence-electron chi connectivity index (χ2n) is 5.61. The number of anilines is 2. The van der Waals surface area contributed by atoms with Crippen molar-refractivity contribution in [3.8, 4) is 11.1 Å². The predicted octanol–water partition coefficient (Wildman–Crippen LogP) is 3.02. The molecule has 1 atom stereocenters. The van der Waals surface area contributed by atoms with Crippen LogP contribution in [0.1, 0.15) is 12.5 Å². The van der Waals surface area contributed by atoms with E-state index in [9.17, 15) is 9.00 Å². The number of nitrogens with one attached hydrogen (secondary N) is 2. The van der Waals surface area contributed by atoms with Gasteiger partial charge in [0.25, 0.3) is 0 Å². The topological polar surface area (TPSA) is 104 Å². The van der Waals surface area contributed by atoms with Crippen molar-refractivity contribution in [1.82, 2.24) is 10.2 Å². The Balaban J connectivity index is 2.00. The molecule has 7 nitrogen and oxygen atoms in total. The summed E-state index contributed by atoms with van der Waals surface area (Å²) in [6.07, 6.45) is 0.575. The van der Waals surface area contributed by atoms with Crippen molar-refractivity contribution in [2.45, 2.75) is 12.7 Å². The Morgan fingerprint density at radius 2 is 1.85 bits per heavy atom. The molecule has 0 aliphatic rings. The van der Waals surface area contributed by atoms with Gasteiger partial charge in [0, 0.05) is 11.9 Å². The minimum Gasteiger partial charge on any atom is -0.382 e. The van der Waals surface area contributed by atoms with Gasteiger partial charge in [-0.1, -0.05) is 30.3 Å². The first-order valence-electron chi connectivity index (χ1n) is 8.03. The lowest BCUT2D eigenvalue weighted by molar-refractivity contribution is -0.105. The number of aromatic nitrogens is 2. The number of hydrogen-bond acceptors (Lipinski definition) is 5. The second kappa shape index (κ2) is 8.03. The van der Waals surface area contributed by atoms with Gasteiger partial charge >= 0.3 is 0 Å². The van der Waals surface area contributed by atoms with Crippen LogP contribution in [0.5, 0.6) is 0 Å². The second-order valence-corrected chi connectivity index (χ2v) is 6.54. The zero-order valence-electron chi connectivity index (χ0n) is 14.1. The highest BCUT2D eigenvalue weighted by Gasteiger charge is 2.11. The van der Waals surface area contributed by atoms with Crippen LogP contribution in [0.3, 0.4) is 0 Å². The highest BCUT2D eigenvalue weighted by Crippen LogP contribution is 2.31. The van der Waals surface area contributed by atoms with Crippen molar-refractivity contribution in [1.29, 1.82) is 0 Å². The SMILES string of the molecule is CCNc1c(NC=O)nnc2cc(-c3ccc(CS(=O)O)cc3)ccc12. The van der Waals surface area contributed by atoms with Gasteiger partial charge in [0.1, 0.15) is 0 Å². The summed E-state index contributed by atoms with van der Waals surface area (Å²) in [5.41, 5.74) is 4.17. The van der Waals surface area contributed by atoms with E-state index in [-0.39, 0.29) is 5.75 Å². The fourth-order valence-corrected chi connectivity index (χ4v) is 3.21. The maximum atomic E-state index is 10.9. The third-order valence-corrected chi connectivity index (χ3v) is 4.47. The lowest BCUT2D eigenvalue weighted by Crippen LogP contribution is -2.07. The molecule has 8 heteroatoms. The van der Waals surface area contributed by atoms with Crippen LogP contribution in [0.4, 0.5) is 11.5 Å². The summed E-state index contributed by atoms with van der Waals surface area (Å²) in [4.78, 5) is 10.8. The Hall–Kier alpha value is -2.84. The molecule has 0 saturated carbocycles. The molecule has 3 aromatic rings. The monoisotopic (exact) mass is 370 g/mol. The van der Waals surface area contributed by atoms with Crippen LogP contribution in [0.25, 0.3) is 22.0 Å². The zero-order chi connectivity index (χ0) is 18.5. The molecule has 3 N–H and O–H groups in total. The van der Waals surface area contributed by atoms with Crippen LogP contribution >= 0.6 is 0 Å². The molecule has 1 amide bonds. The van der Waals surface area contributed by atoms with Gasteiger partial charge in [0.15, 0.2) is 16.9 Å². The summed E-state index contributed by atoms with van der Waals surface area (Å²) in [5.74, 6) is 0.505. The zero-order valence-corrected chi connectivity index (χ0v) is 14.9. The highest BCUT2D eigenvalue weighted by molar-refractivity contribution is 7.78. The largest absolute Gasteiger partial charge is 0.382 e. The van der Waals surface area contributed by atoms with Crippen molar-refractivity contribution in [3.63, 3.8) is 0 Å². The third kappa shape index (κ3) is 3.87. The Bertz CT molecular complexity index is 961. The van der Waals surface area contributed by atoms with Crippen LogP contribution in [0.2, 0.25) is 0 Å². The van der Waals surface area contributed by atoms with Crippen molar-refractivity contribution in [3.05, 3.63) is 48.0 Å². The van der Waals surface area contributed by atoms with E-state index in [0.717, 1.165) is 27.8 Å². The predicted molar refractivity (Wildman–Crippen MR) is 103 cm³/mol. The van der Waals surface area contributed by atoms with E-state index in [0.29, 0.717) is 24.3 Å². The van der Waals surface area contributed by atoms with E-state index >= 15 is 0 Å². The quantitative estimate of drug-likeness (QED) is 0.436. The Morgan fingerprint density at radius 3 is 2.50 bits per heavy atom. The van der Waals surface area contributed by atoms with Gasteiger partial charge in [-0.25, -0.2) is 4.21 Å². The number of rotatable bonds is 7. The average Bonchev–Trinajstić information content (AvgIpc) is 2.63. The lowest BCUT2D eigenvalue weighted by Gasteiger charge is -2.12. The van der Waals surface area contributed by atoms with E-state index in [2.05, 4.69) is 20.8 Å². The molecule has 0 aliphatic heterocycles. The molecule has 26 heavy (non-hydrogen) atoms. The molecular weight excluding hydrogens is 352 g/mol. The number of amides is 1. The van der Waals surface area contributed by atoms with Crippen LogP contribution in [-0.4, -0.2) is 31.9 Å². The molecule has 134 valence electrons. The highest BCUT2D eigenvalue weighted by atomic mass is 32.2. The molecule has 3 rings (SSSR count). The number of nitrogens with zero attached hydrogens (tertiary/aromatic N) is 2. The molecule has 0 aliphatic carbocycles. The Kier molecular flexibility index (Phi) is 5.55. The van der Waals surface area contributed by atoms with E-state index in [1.165, 1.54) is 0 Å². The van der Waals surface area contributed by atoms with Crippen LogP contribution in [0, 0.1) is 0 Å². The Morgan fingerprint density at radius 1 is 1.12 bits per heavy atom. The van der Waals surface area contributed by atoms with Gasteiger partial charge in [-0.3, -0.25) is 4.79 Å². The summed E-state index contributed by atoms with van der Waals surface area (Å²) in [6.45, 7) is 2.65. The fraction of sp³-hybridized carbons (Fsp3) is 0.167. The van der Waals surface area contributed by atoms with Crippen molar-refractivity contribution in [2.24, 2.45) is 0 Å². The minimum atomic E-state index is -1.85. The summed E-state index contributed by atoms with van der Waals surface area (Å²) in [5, 5.41) is 14.9. The van der Waals surface area contributed by atoms with Gasteiger partial charge in [0.05, 0.1) is 17.0 Å². The number of benzene rings is 2. The van der Waals surface area contributed by atoms with Crippen LogP contribution in [-0.2, 0) is 21.6 Å². The molecule has 0 bridgehead atoms. The average molecular weight is 370 g/mol. The van der Waals surface area contributed by atoms with Gasteiger partial charge in [-0.15, -0.1) is 10.2 Å². The molecule has 2 aromatic carbocycles. The third-order valence-electron chi connectivity index (χ3n) is 3.89. The van der Waals surface area contributed by atoms with Crippen LogP contribution < -0.4 is 10.6 Å². The van der Waals surface area contributed by atoms with Crippen molar-refractivity contribution < 1.29 is 13.6 Å². The lowest BCUT2D eigenvalue weighted by atomic mass is 10.0. The summed E-state index contributed by atoms with van der Waals surface area (Å²) >= 11 is -1.85. The maximum Gasteiger partial charge on any atom is 0.212 e. The van der Waals surface area contributed by atoms with Gasteiger partial charge in [-0.2, -0.15) is 0 Å². The standard InChI is InChI=1S/C18H18N4O3S/c1-2-19-17-15-8-7-14(9-16(15)21-22-18(17)20-11-23)13-5-3-12(4-6-13)10-26(24)25/h3-9,11H,2,10H2,1H3,(H,19,21)(H,24,25)(H,20,22,23). The summed E-state index contributed by atoms with van der Waals surface area (Å²) in [6, 6.07) is 13.3. The van der Waals surface area contributed by atoms with E-state index in [1.54, 1.807) is 0 Å². The summed E-state index contributed by atoms with van der Waals surface area (Å²) in [7, 11) is 0. The molecule has 0 radical (unpaired) electrons. The molecule has 1 unspecified atom stereocenters. The number of carbonyl (C=O) groups is 1. The fourth-order valence-electron chi connectivity index (χ4n) is 2.74. The first-order valence-corrected chi connectivity index (χ1v) is 9.31. The van der Waals surface area contributed by atoms with E-state index < -0.39 is 11.1 Å². The van der Waals surface area contributed by atoms with Gasteiger partial charge < -0.3 is 15.2 Å². The number of fused-ring (bicyclic) bond motifs is 1. The smallest absolute Gasteiger partial charge is 0.212 e. The molecule has 1 aromatic heterocycles. The molecule has 0 fully saturated rings. The van der Waals surface area contributed by atoms with E-state index in [1.807, 2.05) is 49.4 Å². The van der Waals surface area contributed by atoms with Crippen LogP contribution in [0.15, 0.2) is 42.5 Å². The molecule has 0 saturated heterocycles. The summed E-state index contributed by atoms with van der Waals surface area (Å²) < 4.78 is 19.9. The Labute approximate surface area is 153 Å². The first-order chi connectivity index (χ1) is 12.6. The number of hydrogen-bond donors (Lipinski definition) is 3. The molecule has 1 heterocycles. The minimum absolute atomic E-state index is 0.113. The normalized spacial score (nSPS) is 11.9. The maximum absolute atomic E-state index is 10.9. The van der Waals surface area contributed by atoms with Crippen molar-refractivity contribution in [2.75, 3.05) is 17.2 Å². The van der Waals surface area contributed by atoms with Crippen molar-refractivity contribution >= 4 is 39.9 Å².